The number of amides is 1. The first kappa shape index (κ1) is 69.6. The largest absolute Gasteiger partial charge is 0.466 e. The van der Waals surface area contributed by atoms with Crippen LogP contribution in [0, 0.1) is 0 Å². The van der Waals surface area contributed by atoms with Crippen molar-refractivity contribution >= 4 is 11.9 Å². The van der Waals surface area contributed by atoms with Gasteiger partial charge in [0.05, 0.1) is 25.4 Å². The van der Waals surface area contributed by atoms with Crippen LogP contribution in [-0.2, 0) is 14.3 Å². The van der Waals surface area contributed by atoms with E-state index in [-0.39, 0.29) is 18.5 Å². The zero-order valence-corrected chi connectivity index (χ0v) is 48.2. The van der Waals surface area contributed by atoms with Crippen LogP contribution < -0.4 is 5.32 Å². The topological polar surface area (TPSA) is 95.9 Å². The van der Waals surface area contributed by atoms with Gasteiger partial charge in [0, 0.05) is 12.8 Å². The van der Waals surface area contributed by atoms with Crippen LogP contribution in [-0.4, -0.2) is 47.4 Å². The minimum Gasteiger partial charge on any atom is -0.466 e. The van der Waals surface area contributed by atoms with E-state index in [9.17, 15) is 19.8 Å². The first-order chi connectivity index (χ1) is 35.0. The fourth-order valence-electron chi connectivity index (χ4n) is 10.3. The number of aliphatic hydroxyl groups excluding tert-OH is 2. The Labute approximate surface area is 444 Å². The van der Waals surface area contributed by atoms with E-state index in [1.165, 1.54) is 295 Å². The molecule has 0 bridgehead atoms. The summed E-state index contributed by atoms with van der Waals surface area (Å²) in [6, 6.07) is -0.633. The monoisotopic (exact) mass is 1000 g/mol. The van der Waals surface area contributed by atoms with E-state index in [4.69, 9.17) is 4.74 Å². The molecule has 6 nitrogen and oxygen atoms in total. The van der Waals surface area contributed by atoms with Crippen LogP contribution in [0.3, 0.4) is 0 Å². The number of esters is 1. The third-order valence-electron chi connectivity index (χ3n) is 15.3. The Morgan fingerprint density at radius 1 is 0.380 bits per heavy atom. The van der Waals surface area contributed by atoms with Crippen molar-refractivity contribution in [3.05, 3.63) is 12.2 Å². The second kappa shape index (κ2) is 61.1. The van der Waals surface area contributed by atoms with E-state index in [0.29, 0.717) is 19.4 Å². The summed E-state index contributed by atoms with van der Waals surface area (Å²) in [4.78, 5) is 24.6. The van der Waals surface area contributed by atoms with Crippen LogP contribution in [0.2, 0.25) is 0 Å². The van der Waals surface area contributed by atoms with Crippen molar-refractivity contribution in [2.24, 2.45) is 0 Å². The first-order valence-corrected chi connectivity index (χ1v) is 32.5. The molecule has 0 aliphatic carbocycles. The number of allylic oxidation sites excluding steroid dienone is 1. The summed E-state index contributed by atoms with van der Waals surface area (Å²) >= 11 is 0. The van der Waals surface area contributed by atoms with E-state index >= 15 is 0 Å². The summed E-state index contributed by atoms with van der Waals surface area (Å²) < 4.78 is 5.50. The second-order valence-electron chi connectivity index (χ2n) is 22.5. The van der Waals surface area contributed by atoms with E-state index in [0.717, 1.165) is 44.9 Å². The quantitative estimate of drug-likeness (QED) is 0.0320. The van der Waals surface area contributed by atoms with Gasteiger partial charge in [-0.15, -0.1) is 0 Å². The molecule has 3 N–H and O–H groups in total. The van der Waals surface area contributed by atoms with Gasteiger partial charge in [0.1, 0.15) is 0 Å². The smallest absolute Gasteiger partial charge is 0.305 e. The van der Waals surface area contributed by atoms with Crippen LogP contribution in [0.4, 0.5) is 0 Å². The second-order valence-corrected chi connectivity index (χ2v) is 22.5. The van der Waals surface area contributed by atoms with Gasteiger partial charge in [-0.2, -0.15) is 0 Å². The highest BCUT2D eigenvalue weighted by Gasteiger charge is 2.18. The molecule has 0 aliphatic heterocycles. The Hall–Kier alpha value is -1.40. The maximum atomic E-state index is 12.5. The van der Waals surface area contributed by atoms with Crippen molar-refractivity contribution < 1.29 is 24.5 Å². The highest BCUT2D eigenvalue weighted by atomic mass is 16.5. The molecule has 0 heterocycles. The lowest BCUT2D eigenvalue weighted by molar-refractivity contribution is -0.143. The van der Waals surface area contributed by atoms with Crippen molar-refractivity contribution in [3.63, 3.8) is 0 Å². The molecule has 422 valence electrons. The molecule has 2 unspecified atom stereocenters. The number of ether oxygens (including phenoxy) is 1. The third-order valence-corrected chi connectivity index (χ3v) is 15.3. The number of rotatable bonds is 61. The normalized spacial score (nSPS) is 12.6. The maximum absolute atomic E-state index is 12.5. The van der Waals surface area contributed by atoms with Crippen molar-refractivity contribution in [2.45, 2.75) is 379 Å². The zero-order valence-electron chi connectivity index (χ0n) is 48.2. The van der Waals surface area contributed by atoms with Gasteiger partial charge in [0.15, 0.2) is 0 Å². The predicted octanol–water partition coefficient (Wildman–Crippen LogP) is 20.4. The molecule has 1 amide bonds. The molecule has 6 heteroatoms. The minimum absolute atomic E-state index is 0.00763. The average Bonchev–Trinajstić information content (AvgIpc) is 3.37. The van der Waals surface area contributed by atoms with Gasteiger partial charge in [-0.3, -0.25) is 9.59 Å². The van der Waals surface area contributed by atoms with Gasteiger partial charge < -0.3 is 20.3 Å². The van der Waals surface area contributed by atoms with E-state index in [2.05, 4.69) is 19.2 Å². The molecular weight excluding hydrogens is 875 g/mol. The van der Waals surface area contributed by atoms with Crippen LogP contribution in [0.1, 0.15) is 367 Å². The van der Waals surface area contributed by atoms with Crippen molar-refractivity contribution in [1.82, 2.24) is 5.32 Å². The lowest BCUT2D eigenvalue weighted by atomic mass is 10.0. The van der Waals surface area contributed by atoms with Crippen molar-refractivity contribution in [1.29, 1.82) is 0 Å². The Kier molecular flexibility index (Phi) is 59.9. The number of carbonyl (C=O) groups excluding carboxylic acids is 2. The number of hydrogen-bond donors (Lipinski definition) is 3. The molecule has 0 radical (unpaired) electrons. The van der Waals surface area contributed by atoms with E-state index in [1.54, 1.807) is 6.08 Å². The molecular formula is C65H127NO5. The fourth-order valence-corrected chi connectivity index (χ4v) is 10.3. The maximum Gasteiger partial charge on any atom is 0.305 e. The standard InChI is InChI=1S/C65H127NO5/c1-3-5-7-9-11-13-15-17-19-21-23-24-25-29-33-37-41-45-49-53-57-63(68)62(61-67)66-64(69)58-54-50-46-42-38-34-30-27-28-32-36-40-44-48-52-56-60-71-65(70)59-55-51-47-43-39-35-31-26-22-20-18-16-14-12-10-8-6-4-2/h53,57,62-63,67-68H,3-52,54-56,58-61H2,1-2H3,(H,66,69)/b57-53+. The number of hydrogen-bond acceptors (Lipinski definition) is 5. The molecule has 2 atom stereocenters. The SMILES string of the molecule is CCCCCCCCCCCCCCCCCCCC/C=C/C(O)C(CO)NC(=O)CCCCCCCCCCCCCCCCCCOC(=O)CCCCCCCCCCCCCCCCCCCC. The molecule has 71 heavy (non-hydrogen) atoms. The summed E-state index contributed by atoms with van der Waals surface area (Å²) in [5.41, 5.74) is 0. The Morgan fingerprint density at radius 2 is 0.648 bits per heavy atom. The number of aliphatic hydroxyl groups is 2. The molecule has 0 spiro atoms. The minimum atomic E-state index is -0.849. The molecule has 0 saturated heterocycles. The van der Waals surface area contributed by atoms with Gasteiger partial charge in [0.2, 0.25) is 5.91 Å². The summed E-state index contributed by atoms with van der Waals surface area (Å²) in [5.74, 6) is -0.0630. The zero-order chi connectivity index (χ0) is 51.4. The molecule has 0 fully saturated rings. The number of unbranched alkanes of at least 4 members (excludes halogenated alkanes) is 50. The third kappa shape index (κ3) is 57.7. The van der Waals surface area contributed by atoms with Crippen LogP contribution >= 0.6 is 0 Å². The van der Waals surface area contributed by atoms with Gasteiger partial charge in [-0.05, 0) is 32.1 Å². The van der Waals surface area contributed by atoms with Gasteiger partial charge in [-0.25, -0.2) is 0 Å². The number of carbonyl (C=O) groups is 2. The molecule has 0 rings (SSSR count). The highest BCUT2D eigenvalue weighted by Crippen LogP contribution is 2.18. The average molecular weight is 1000 g/mol. The summed E-state index contributed by atoms with van der Waals surface area (Å²) in [5, 5.41) is 23.2. The van der Waals surface area contributed by atoms with Crippen LogP contribution in [0.25, 0.3) is 0 Å². The summed E-state index contributed by atoms with van der Waals surface area (Å²) in [6.45, 7) is 4.93. The van der Waals surface area contributed by atoms with E-state index in [1.807, 2.05) is 6.08 Å². The molecule has 0 saturated carbocycles. The first-order valence-electron chi connectivity index (χ1n) is 32.5. The van der Waals surface area contributed by atoms with Crippen molar-refractivity contribution in [2.75, 3.05) is 13.2 Å². The molecule has 0 aliphatic rings. The highest BCUT2D eigenvalue weighted by molar-refractivity contribution is 5.76. The fraction of sp³-hybridized carbons (Fsp3) is 0.938. The van der Waals surface area contributed by atoms with E-state index < -0.39 is 12.1 Å². The molecule has 0 aromatic heterocycles. The van der Waals surface area contributed by atoms with Crippen LogP contribution in [0.5, 0.6) is 0 Å². The number of nitrogens with one attached hydrogen (secondary N) is 1. The predicted molar refractivity (Wildman–Crippen MR) is 310 cm³/mol. The summed E-state index contributed by atoms with van der Waals surface area (Å²) in [7, 11) is 0. The Balaban J connectivity index is 3.42. The molecule has 0 aromatic carbocycles. The Morgan fingerprint density at radius 3 is 0.958 bits per heavy atom. The van der Waals surface area contributed by atoms with Gasteiger partial charge in [0.25, 0.3) is 0 Å². The van der Waals surface area contributed by atoms with Crippen LogP contribution in [0.15, 0.2) is 12.2 Å². The lowest BCUT2D eigenvalue weighted by Crippen LogP contribution is -2.45. The van der Waals surface area contributed by atoms with Crippen molar-refractivity contribution in [3.8, 4) is 0 Å². The molecule has 0 aromatic rings. The lowest BCUT2D eigenvalue weighted by Gasteiger charge is -2.20. The van der Waals surface area contributed by atoms with Gasteiger partial charge >= 0.3 is 5.97 Å². The van der Waals surface area contributed by atoms with Gasteiger partial charge in [-0.1, -0.05) is 334 Å². The summed E-state index contributed by atoms with van der Waals surface area (Å²) in [6.07, 6.45) is 74.0. The Bertz CT molecular complexity index is 1060.